The number of rotatable bonds is 5. The maximum atomic E-state index is 12.6. The lowest BCUT2D eigenvalue weighted by atomic mass is 10.1. The van der Waals surface area contributed by atoms with Gasteiger partial charge in [0.2, 0.25) is 0 Å². The number of aromatic nitrogens is 1. The van der Waals surface area contributed by atoms with Gasteiger partial charge in [-0.3, -0.25) is 14.9 Å². The lowest BCUT2D eigenvalue weighted by Gasteiger charge is -2.07. The van der Waals surface area contributed by atoms with E-state index in [0.29, 0.717) is 0 Å². The number of nitrogens with zero attached hydrogens (tertiary/aromatic N) is 2. The van der Waals surface area contributed by atoms with E-state index in [0.717, 1.165) is 6.20 Å². The molecule has 0 aliphatic carbocycles. The van der Waals surface area contributed by atoms with Crippen LogP contribution in [0.15, 0.2) is 6.20 Å². The van der Waals surface area contributed by atoms with Crippen molar-refractivity contribution in [2.75, 3.05) is 6.61 Å². The number of carbonyl (C=O) groups excluding carboxylic acids is 1. The number of pyridine rings is 1. The molecular formula is C10H9ClF2N2O4. The molecule has 6 nitrogen and oxygen atoms in total. The fourth-order valence-corrected chi connectivity index (χ4v) is 1.64. The number of carbonyl (C=O) groups is 1. The fraction of sp³-hybridized carbons (Fsp3) is 0.400. The largest absolute Gasteiger partial charge is 0.466 e. The third-order valence-electron chi connectivity index (χ3n) is 2.12. The molecule has 0 aliphatic heterocycles. The molecule has 0 N–H and O–H groups in total. The number of ether oxygens (including phenoxy) is 1. The van der Waals surface area contributed by atoms with Crippen molar-refractivity contribution in [2.45, 2.75) is 19.8 Å². The molecule has 0 aromatic carbocycles. The van der Waals surface area contributed by atoms with Crippen molar-refractivity contribution in [3.8, 4) is 0 Å². The molecule has 1 aromatic rings. The Morgan fingerprint density at radius 1 is 1.63 bits per heavy atom. The van der Waals surface area contributed by atoms with Crippen molar-refractivity contribution in [2.24, 2.45) is 0 Å². The molecule has 9 heteroatoms. The van der Waals surface area contributed by atoms with Crippen molar-refractivity contribution >= 4 is 23.3 Å². The highest BCUT2D eigenvalue weighted by Gasteiger charge is 2.29. The summed E-state index contributed by atoms with van der Waals surface area (Å²) in [7, 11) is 0. The quantitative estimate of drug-likeness (QED) is 0.474. The number of alkyl halides is 2. The van der Waals surface area contributed by atoms with E-state index in [2.05, 4.69) is 9.72 Å². The maximum Gasteiger partial charge on any atom is 0.315 e. The van der Waals surface area contributed by atoms with Crippen LogP contribution in [0.5, 0.6) is 0 Å². The summed E-state index contributed by atoms with van der Waals surface area (Å²) in [5, 5.41) is 10.2. The molecule has 0 spiro atoms. The Kier molecular flexibility index (Phi) is 5.11. The second kappa shape index (κ2) is 6.37. The van der Waals surface area contributed by atoms with Crippen LogP contribution in [-0.4, -0.2) is 22.5 Å². The number of nitro groups is 1. The van der Waals surface area contributed by atoms with Crippen molar-refractivity contribution in [3.63, 3.8) is 0 Å². The minimum absolute atomic E-state index is 0.0313. The Hall–Kier alpha value is -1.83. The Morgan fingerprint density at radius 2 is 2.26 bits per heavy atom. The van der Waals surface area contributed by atoms with Crippen LogP contribution in [0.4, 0.5) is 14.5 Å². The molecule has 1 aromatic heterocycles. The van der Waals surface area contributed by atoms with Gasteiger partial charge in [0, 0.05) is 11.8 Å². The maximum absolute atomic E-state index is 12.6. The molecule has 0 saturated carbocycles. The third kappa shape index (κ3) is 3.57. The van der Waals surface area contributed by atoms with Gasteiger partial charge in [-0.1, -0.05) is 11.6 Å². The highest BCUT2D eigenvalue weighted by molar-refractivity contribution is 6.33. The molecule has 1 heterocycles. The van der Waals surface area contributed by atoms with E-state index in [1.54, 1.807) is 6.92 Å². The molecule has 0 bridgehead atoms. The van der Waals surface area contributed by atoms with Crippen LogP contribution in [0, 0.1) is 10.1 Å². The molecule has 19 heavy (non-hydrogen) atoms. The second-order valence-corrected chi connectivity index (χ2v) is 3.75. The van der Waals surface area contributed by atoms with Crippen LogP contribution >= 0.6 is 11.6 Å². The summed E-state index contributed by atoms with van der Waals surface area (Å²) in [4.78, 5) is 24.2. The number of hydrogen-bond acceptors (Lipinski definition) is 5. The summed E-state index contributed by atoms with van der Waals surface area (Å²) in [6, 6.07) is 0. The van der Waals surface area contributed by atoms with Gasteiger partial charge in [-0.2, -0.15) is 0 Å². The monoisotopic (exact) mass is 294 g/mol. The average molecular weight is 295 g/mol. The van der Waals surface area contributed by atoms with Crippen LogP contribution in [0.3, 0.4) is 0 Å². The van der Waals surface area contributed by atoms with E-state index in [1.165, 1.54) is 0 Å². The summed E-state index contributed by atoms with van der Waals surface area (Å²) >= 11 is 5.67. The predicted molar refractivity (Wildman–Crippen MR) is 61.2 cm³/mol. The van der Waals surface area contributed by atoms with Crippen molar-refractivity contribution in [3.05, 3.63) is 32.6 Å². The van der Waals surface area contributed by atoms with E-state index in [1.807, 2.05) is 0 Å². The fourth-order valence-electron chi connectivity index (χ4n) is 1.35. The molecule has 0 saturated heterocycles. The summed E-state index contributed by atoms with van der Waals surface area (Å²) in [6.07, 6.45) is -2.59. The molecular weight excluding hydrogens is 286 g/mol. The van der Waals surface area contributed by atoms with Gasteiger partial charge in [-0.05, 0) is 6.92 Å². The molecule has 0 fully saturated rings. The normalized spacial score (nSPS) is 10.6. The standard InChI is InChI=1S/C10H9ClF2N2O4/c1-2-19-6(16)3-5-4-14-8(10(12)13)9(7(5)11)15(17)18/h4,10H,2-3H2,1H3. The summed E-state index contributed by atoms with van der Waals surface area (Å²) in [5.41, 5.74) is -2.04. The SMILES string of the molecule is CCOC(=O)Cc1cnc(C(F)F)c([N+](=O)[O-])c1Cl. The number of esters is 1. The molecule has 104 valence electrons. The Balaban J connectivity index is 3.20. The molecule has 0 unspecified atom stereocenters. The first-order valence-corrected chi connectivity index (χ1v) is 5.51. The molecule has 0 amide bonds. The van der Waals surface area contributed by atoms with Crippen LogP contribution in [0.2, 0.25) is 5.02 Å². The highest BCUT2D eigenvalue weighted by atomic mass is 35.5. The predicted octanol–water partition coefficient (Wildman–Crippen LogP) is 2.69. The topological polar surface area (TPSA) is 82.3 Å². The van der Waals surface area contributed by atoms with Crippen LogP contribution < -0.4 is 0 Å². The van der Waals surface area contributed by atoms with Gasteiger partial charge in [-0.15, -0.1) is 0 Å². The third-order valence-corrected chi connectivity index (χ3v) is 2.54. The van der Waals surface area contributed by atoms with Crippen LogP contribution in [-0.2, 0) is 16.0 Å². The van der Waals surface area contributed by atoms with Gasteiger partial charge in [0.25, 0.3) is 6.43 Å². The minimum atomic E-state index is -3.13. The van der Waals surface area contributed by atoms with E-state index in [4.69, 9.17) is 11.6 Å². The zero-order chi connectivity index (χ0) is 14.6. The number of halogens is 3. The van der Waals surface area contributed by atoms with Gasteiger partial charge in [-0.25, -0.2) is 13.8 Å². The van der Waals surface area contributed by atoms with Crippen molar-refractivity contribution in [1.29, 1.82) is 0 Å². The van der Waals surface area contributed by atoms with Crippen molar-refractivity contribution < 1.29 is 23.2 Å². The molecule has 0 aliphatic rings. The Labute approximate surface area is 111 Å². The van der Waals surface area contributed by atoms with E-state index in [-0.39, 0.29) is 18.6 Å². The summed E-state index contributed by atoms with van der Waals surface area (Å²) < 4.78 is 29.8. The van der Waals surface area contributed by atoms with Gasteiger partial charge < -0.3 is 4.74 Å². The Bertz CT molecular complexity index is 511. The van der Waals surface area contributed by atoms with Gasteiger partial charge in [0.1, 0.15) is 5.02 Å². The summed E-state index contributed by atoms with van der Waals surface area (Å²) in [6.45, 7) is 1.71. The lowest BCUT2D eigenvalue weighted by Crippen LogP contribution is -2.10. The van der Waals surface area contributed by atoms with Gasteiger partial charge in [0.15, 0.2) is 5.69 Å². The Morgan fingerprint density at radius 3 is 2.74 bits per heavy atom. The zero-order valence-electron chi connectivity index (χ0n) is 9.73. The summed E-state index contributed by atoms with van der Waals surface area (Å²) in [5.74, 6) is -0.676. The molecule has 1 rings (SSSR count). The zero-order valence-corrected chi connectivity index (χ0v) is 10.5. The minimum Gasteiger partial charge on any atom is -0.466 e. The van der Waals surface area contributed by atoms with Crippen molar-refractivity contribution in [1.82, 2.24) is 4.98 Å². The number of hydrogen-bond donors (Lipinski definition) is 0. The first kappa shape index (κ1) is 15.2. The van der Waals surface area contributed by atoms with Crippen LogP contribution in [0.25, 0.3) is 0 Å². The van der Waals surface area contributed by atoms with E-state index < -0.39 is 33.7 Å². The lowest BCUT2D eigenvalue weighted by molar-refractivity contribution is -0.386. The van der Waals surface area contributed by atoms with Gasteiger partial charge in [0.05, 0.1) is 18.0 Å². The average Bonchev–Trinajstić information content (AvgIpc) is 2.30. The molecule has 0 atom stereocenters. The van der Waals surface area contributed by atoms with E-state index >= 15 is 0 Å². The first-order chi connectivity index (χ1) is 8.88. The van der Waals surface area contributed by atoms with Gasteiger partial charge >= 0.3 is 11.7 Å². The van der Waals surface area contributed by atoms with E-state index in [9.17, 15) is 23.7 Å². The highest BCUT2D eigenvalue weighted by Crippen LogP contribution is 2.35. The molecule has 0 radical (unpaired) electrons. The smallest absolute Gasteiger partial charge is 0.315 e. The first-order valence-electron chi connectivity index (χ1n) is 5.13. The van der Waals surface area contributed by atoms with Crippen LogP contribution in [0.1, 0.15) is 24.6 Å². The second-order valence-electron chi connectivity index (χ2n) is 3.37.